The van der Waals surface area contributed by atoms with Crippen LogP contribution in [0.25, 0.3) is 10.4 Å². The Balaban J connectivity index is 1.34. The molecule has 0 N–H and O–H groups in total. The van der Waals surface area contributed by atoms with E-state index >= 15 is 0 Å². The van der Waals surface area contributed by atoms with Gasteiger partial charge in [-0.3, -0.25) is 0 Å². The van der Waals surface area contributed by atoms with Crippen LogP contribution >= 0.6 is 0 Å². The minimum atomic E-state index is -1.72. The van der Waals surface area contributed by atoms with E-state index in [-0.39, 0.29) is 27.8 Å². The number of unbranched alkanes of at least 4 members (excludes halogenated alkanes) is 6. The number of esters is 5. The van der Waals surface area contributed by atoms with Crippen LogP contribution in [-0.2, 0) is 33.2 Å². The molecule has 0 bridgehead atoms. The van der Waals surface area contributed by atoms with Crippen molar-refractivity contribution in [3.05, 3.63) is 226 Å². The molecule has 15 heteroatoms. The second-order valence-electron chi connectivity index (χ2n) is 17.6. The van der Waals surface area contributed by atoms with Gasteiger partial charge in [0.1, 0.15) is 24.9 Å². The van der Waals surface area contributed by atoms with Crippen LogP contribution in [0.3, 0.4) is 0 Å². The fourth-order valence-electron chi connectivity index (χ4n) is 7.97. The molecule has 0 spiro atoms. The number of nitrogens with zero attached hydrogens (tertiary/aromatic N) is 3. The van der Waals surface area contributed by atoms with Crippen molar-refractivity contribution >= 4 is 29.8 Å². The number of carbonyl (C=O) groups is 5. The maximum Gasteiger partial charge on any atom is 0.338 e. The van der Waals surface area contributed by atoms with Gasteiger partial charge >= 0.3 is 29.8 Å². The molecule has 390 valence electrons. The van der Waals surface area contributed by atoms with E-state index in [4.69, 9.17) is 33.2 Å². The largest absolute Gasteiger partial charge is 0.459 e. The predicted octanol–water partition coefficient (Wildman–Crippen LogP) is 12.4. The fraction of sp³-hybridized carbons (Fsp3) is 0.317. The highest BCUT2D eigenvalue weighted by molar-refractivity contribution is 5.92. The zero-order valence-electron chi connectivity index (χ0n) is 42.2. The molecule has 75 heavy (non-hydrogen) atoms. The van der Waals surface area contributed by atoms with Crippen LogP contribution in [0.5, 0.6) is 0 Å². The molecule has 1 heterocycles. The summed E-state index contributed by atoms with van der Waals surface area (Å²) >= 11 is 0. The zero-order valence-corrected chi connectivity index (χ0v) is 42.2. The number of benzene rings is 5. The first-order valence-electron chi connectivity index (χ1n) is 25.2. The first-order chi connectivity index (χ1) is 36.6. The Hall–Kier alpha value is -8.10. The number of allylic oxidation sites excluding steroid dienone is 5. The van der Waals surface area contributed by atoms with Crippen LogP contribution in [0.1, 0.15) is 117 Å². The van der Waals surface area contributed by atoms with Gasteiger partial charge in [0.25, 0.3) is 0 Å². The van der Waals surface area contributed by atoms with Crippen LogP contribution in [0.15, 0.2) is 193 Å². The fourth-order valence-corrected chi connectivity index (χ4v) is 7.97. The molecule has 15 nitrogen and oxygen atoms in total. The van der Waals surface area contributed by atoms with Crippen molar-refractivity contribution in [1.82, 2.24) is 0 Å². The van der Waals surface area contributed by atoms with Gasteiger partial charge < -0.3 is 33.2 Å². The Morgan fingerprint density at radius 1 is 0.587 bits per heavy atom. The van der Waals surface area contributed by atoms with E-state index in [1.807, 2.05) is 13.0 Å². The molecule has 1 saturated heterocycles. The lowest BCUT2D eigenvalue weighted by atomic mass is 9.97. The van der Waals surface area contributed by atoms with Crippen molar-refractivity contribution < 1.29 is 57.1 Å². The summed E-state index contributed by atoms with van der Waals surface area (Å²) < 4.78 is 43.2. The number of hydrogen-bond acceptors (Lipinski definition) is 13. The molecule has 0 saturated carbocycles. The molecular formula is C60H63N3O12. The lowest BCUT2D eigenvalue weighted by molar-refractivity contribution is -0.299. The van der Waals surface area contributed by atoms with E-state index < -0.39 is 85.9 Å². The Labute approximate surface area is 437 Å². The Kier molecular flexibility index (Phi) is 23.1. The minimum absolute atomic E-state index is 0.100. The van der Waals surface area contributed by atoms with Crippen molar-refractivity contribution in [2.24, 2.45) is 5.11 Å². The van der Waals surface area contributed by atoms with E-state index in [2.05, 4.69) is 35.2 Å². The minimum Gasteiger partial charge on any atom is -0.459 e. The average Bonchev–Trinajstić information content (AvgIpc) is 3.45. The number of hydrogen-bond donors (Lipinski definition) is 0. The molecule has 7 atom stereocenters. The first-order valence-corrected chi connectivity index (χ1v) is 25.2. The average molecular weight is 1020 g/mol. The van der Waals surface area contributed by atoms with Gasteiger partial charge in [-0.2, -0.15) is 0 Å². The Morgan fingerprint density at radius 2 is 1.07 bits per heavy atom. The van der Waals surface area contributed by atoms with Crippen molar-refractivity contribution in [2.45, 2.75) is 108 Å². The van der Waals surface area contributed by atoms with Gasteiger partial charge in [0, 0.05) is 4.91 Å². The van der Waals surface area contributed by atoms with E-state index in [1.165, 1.54) is 62.1 Å². The summed E-state index contributed by atoms with van der Waals surface area (Å²) in [5.41, 5.74) is 11.8. The van der Waals surface area contributed by atoms with Gasteiger partial charge in [-0.05, 0) is 105 Å². The quantitative estimate of drug-likeness (QED) is 0.00706. The van der Waals surface area contributed by atoms with Gasteiger partial charge in [0.2, 0.25) is 0 Å². The molecule has 0 radical (unpaired) electrons. The lowest BCUT2D eigenvalue weighted by Gasteiger charge is -2.44. The van der Waals surface area contributed by atoms with E-state index in [0.717, 1.165) is 18.4 Å². The number of ether oxygens (including phenoxy) is 7. The van der Waals surface area contributed by atoms with Crippen molar-refractivity contribution in [1.29, 1.82) is 0 Å². The van der Waals surface area contributed by atoms with Crippen LogP contribution in [0, 0.1) is 0 Å². The van der Waals surface area contributed by atoms with Gasteiger partial charge in [0.05, 0.1) is 34.4 Å². The van der Waals surface area contributed by atoms with Crippen molar-refractivity contribution in [3.63, 3.8) is 0 Å². The molecule has 1 aliphatic rings. The van der Waals surface area contributed by atoms with Crippen molar-refractivity contribution in [3.8, 4) is 0 Å². The number of rotatable bonds is 27. The second kappa shape index (κ2) is 30.8. The molecule has 5 aromatic carbocycles. The van der Waals surface area contributed by atoms with Gasteiger partial charge in [-0.1, -0.05) is 159 Å². The lowest BCUT2D eigenvalue weighted by Crippen LogP contribution is -2.63. The molecule has 5 aromatic rings. The Bertz CT molecular complexity index is 2710. The van der Waals surface area contributed by atoms with E-state index in [1.54, 1.807) is 121 Å². The normalized spacial score (nSPS) is 18.3. The van der Waals surface area contributed by atoms with E-state index in [9.17, 15) is 29.5 Å². The molecule has 0 amide bonds. The summed E-state index contributed by atoms with van der Waals surface area (Å²) in [6, 6.07) is 39.0. The SMILES string of the molecule is CCCCCCC/C=C/C(C)=C/CC/C=C/[C@@H](OC(=O)c1ccccc1)[C@H](CO[C@@H]1O[C@H](COC(=O)c2ccccc2)[C@@H](OC(=O)c2ccccc2)[C@H](OC(=O)c2ccccc2)[C@H]1OC(=O)c1ccccc1)N=[N+]=[N-]. The summed E-state index contributed by atoms with van der Waals surface area (Å²) in [6.07, 6.45) is 8.65. The molecule has 0 unspecified atom stereocenters. The van der Waals surface area contributed by atoms with Crippen molar-refractivity contribution in [2.75, 3.05) is 13.2 Å². The zero-order chi connectivity index (χ0) is 53.0. The van der Waals surface area contributed by atoms with E-state index in [0.29, 0.717) is 12.8 Å². The van der Waals surface area contributed by atoms with Gasteiger partial charge in [0.15, 0.2) is 24.6 Å². The third-order valence-corrected chi connectivity index (χ3v) is 12.0. The summed E-state index contributed by atoms with van der Waals surface area (Å²) in [7, 11) is 0. The molecule has 1 aliphatic heterocycles. The molecule has 6 rings (SSSR count). The van der Waals surface area contributed by atoms with Gasteiger partial charge in [-0.15, -0.1) is 0 Å². The number of carbonyl (C=O) groups excluding carboxylic acids is 5. The predicted molar refractivity (Wildman–Crippen MR) is 282 cm³/mol. The Morgan fingerprint density at radius 3 is 1.59 bits per heavy atom. The summed E-state index contributed by atoms with van der Waals surface area (Å²) in [5, 5.41) is 4.01. The van der Waals surface area contributed by atoms with Crippen LogP contribution in [-0.4, -0.2) is 85.9 Å². The smallest absolute Gasteiger partial charge is 0.338 e. The highest BCUT2D eigenvalue weighted by atomic mass is 16.7. The van der Waals surface area contributed by atoms with Gasteiger partial charge in [-0.25, -0.2) is 24.0 Å². The standard InChI is InChI=1S/C60H63N3O12/c1-3-4-5-6-7-8-15-28-43(2)29-16-9-27-40-50(71-56(65)45-32-19-11-20-33-45)49(62-63-61)41-70-60-54(75-59(68)48-38-25-14-26-39-48)53(74-58(67)47-36-23-13-24-37-47)52(73-57(66)46-34-21-12-22-35-46)51(72-60)42-69-55(64)44-30-17-10-18-31-44/h10-15,17-40,49-54,60H,3-9,16,41-42H2,1-2H3/b28-15+,40-27+,43-29+/t49-,50+,51+,52+,53-,54+,60+/m0/s1. The highest BCUT2D eigenvalue weighted by Crippen LogP contribution is 2.32. The first kappa shape index (κ1) is 56.2. The summed E-state index contributed by atoms with van der Waals surface area (Å²) in [5.74, 6) is -4.13. The van der Waals surface area contributed by atoms with Crippen LogP contribution in [0.2, 0.25) is 0 Å². The third kappa shape index (κ3) is 18.1. The van der Waals surface area contributed by atoms with Crippen LogP contribution < -0.4 is 0 Å². The molecule has 0 aliphatic carbocycles. The maximum absolute atomic E-state index is 14.1. The monoisotopic (exact) mass is 1020 g/mol. The maximum atomic E-state index is 14.1. The third-order valence-electron chi connectivity index (χ3n) is 12.0. The highest BCUT2D eigenvalue weighted by Gasteiger charge is 2.54. The summed E-state index contributed by atoms with van der Waals surface area (Å²) in [4.78, 5) is 72.4. The molecule has 1 fully saturated rings. The molecular weight excluding hydrogens is 955 g/mol. The topological polar surface area (TPSA) is 199 Å². The summed E-state index contributed by atoms with van der Waals surface area (Å²) in [6.45, 7) is 3.10. The van der Waals surface area contributed by atoms with Crippen LogP contribution in [0.4, 0.5) is 0 Å². The molecule has 0 aromatic heterocycles. The second-order valence-corrected chi connectivity index (χ2v) is 17.6. The number of azide groups is 1.